The summed E-state index contributed by atoms with van der Waals surface area (Å²) < 4.78 is 5.22. The Kier molecular flexibility index (Phi) is 3.11. The topological polar surface area (TPSA) is 62.6 Å². The Balaban J connectivity index is 2.16. The number of furan rings is 1. The van der Waals surface area contributed by atoms with Crippen LogP contribution in [0, 0.1) is 12.3 Å². The molecular weight excluding hydrogens is 232 g/mol. The van der Waals surface area contributed by atoms with E-state index in [0.717, 1.165) is 0 Å². The summed E-state index contributed by atoms with van der Waals surface area (Å²) in [6.45, 7) is 1.96. The number of unbranched alkanes of at least 4 members (excludes halogenated alkanes) is 1. The number of nitrogens with one attached hydrogen (secondary N) is 1. The van der Waals surface area contributed by atoms with Crippen LogP contribution in [0.1, 0.15) is 25.5 Å². The van der Waals surface area contributed by atoms with Crippen LogP contribution < -0.4 is 5.32 Å². The Labute approximate surface area is 105 Å². The number of carbonyl (C=O) groups is 2. The average Bonchev–Trinajstić information content (AvgIpc) is 2.93. The molecule has 1 saturated heterocycles. The third kappa shape index (κ3) is 1.86. The quantitative estimate of drug-likeness (QED) is 0.497. The molecule has 0 radical (unpaired) electrons. The van der Waals surface area contributed by atoms with Gasteiger partial charge in [0.25, 0.3) is 5.91 Å². The molecule has 0 aliphatic carbocycles. The van der Waals surface area contributed by atoms with Crippen LogP contribution in [0.15, 0.2) is 22.8 Å². The van der Waals surface area contributed by atoms with Crippen LogP contribution in [-0.2, 0) is 10.3 Å². The molecular formula is C13H14N2O3. The number of carbonyl (C=O) groups excluding carboxylic acids is 2. The zero-order valence-electron chi connectivity index (χ0n) is 10.1. The smallest absolute Gasteiger partial charge is 0.325 e. The molecule has 1 aliphatic rings. The Hall–Kier alpha value is -2.22. The summed E-state index contributed by atoms with van der Waals surface area (Å²) in [4.78, 5) is 25.2. The summed E-state index contributed by atoms with van der Waals surface area (Å²) in [6.07, 6.45) is 7.75. The van der Waals surface area contributed by atoms with Gasteiger partial charge in [0.1, 0.15) is 5.76 Å². The van der Waals surface area contributed by atoms with Gasteiger partial charge < -0.3 is 9.73 Å². The molecule has 1 aromatic heterocycles. The maximum absolute atomic E-state index is 12.3. The fourth-order valence-corrected chi connectivity index (χ4v) is 1.97. The minimum Gasteiger partial charge on any atom is -0.466 e. The molecule has 2 rings (SSSR count). The van der Waals surface area contributed by atoms with E-state index in [4.69, 9.17) is 10.8 Å². The van der Waals surface area contributed by atoms with Gasteiger partial charge in [0.05, 0.1) is 6.26 Å². The Morgan fingerprint density at radius 3 is 2.94 bits per heavy atom. The van der Waals surface area contributed by atoms with E-state index in [2.05, 4.69) is 11.2 Å². The van der Waals surface area contributed by atoms with Gasteiger partial charge in [-0.25, -0.2) is 4.79 Å². The minimum atomic E-state index is -1.11. The lowest BCUT2D eigenvalue weighted by molar-refractivity contribution is -0.131. The Morgan fingerprint density at radius 1 is 1.56 bits per heavy atom. The van der Waals surface area contributed by atoms with Crippen molar-refractivity contribution < 1.29 is 14.0 Å². The van der Waals surface area contributed by atoms with Crippen molar-refractivity contribution in [3.8, 4) is 12.3 Å². The summed E-state index contributed by atoms with van der Waals surface area (Å²) in [5.41, 5.74) is -1.11. The van der Waals surface area contributed by atoms with Gasteiger partial charge in [-0.3, -0.25) is 9.69 Å². The standard InChI is InChI=1S/C13H14N2O3/c1-3-4-5-8-15-11(16)13(2,14-12(15)17)10-7-6-9-18-10/h1,6-7,9H,4-5,8H2,2H3,(H,14,17). The number of hydrogen-bond acceptors (Lipinski definition) is 3. The molecule has 1 aromatic rings. The molecule has 0 saturated carbocycles. The van der Waals surface area contributed by atoms with Crippen LogP contribution in [0.2, 0.25) is 0 Å². The maximum atomic E-state index is 12.3. The fraction of sp³-hybridized carbons (Fsp3) is 0.385. The zero-order chi connectivity index (χ0) is 13.2. The molecule has 1 fully saturated rings. The molecule has 5 heteroatoms. The molecule has 94 valence electrons. The van der Waals surface area contributed by atoms with Crippen LogP contribution in [0.25, 0.3) is 0 Å². The van der Waals surface area contributed by atoms with Gasteiger partial charge in [-0.05, 0) is 25.5 Å². The molecule has 18 heavy (non-hydrogen) atoms. The second-order valence-corrected chi connectivity index (χ2v) is 4.30. The van der Waals surface area contributed by atoms with Gasteiger partial charge >= 0.3 is 6.03 Å². The molecule has 5 nitrogen and oxygen atoms in total. The summed E-state index contributed by atoms with van der Waals surface area (Å²) >= 11 is 0. The van der Waals surface area contributed by atoms with Crippen LogP contribution in [0.3, 0.4) is 0 Å². The lowest BCUT2D eigenvalue weighted by Crippen LogP contribution is -2.40. The molecule has 1 aliphatic heterocycles. The summed E-state index contributed by atoms with van der Waals surface area (Å²) in [7, 11) is 0. The highest BCUT2D eigenvalue weighted by Crippen LogP contribution is 2.29. The van der Waals surface area contributed by atoms with Crippen LogP contribution >= 0.6 is 0 Å². The molecule has 0 aromatic carbocycles. The highest BCUT2D eigenvalue weighted by atomic mass is 16.3. The number of nitrogens with zero attached hydrogens (tertiary/aromatic N) is 1. The number of urea groups is 1. The predicted octanol–water partition coefficient (Wildman–Crippen LogP) is 1.46. The second kappa shape index (κ2) is 4.57. The summed E-state index contributed by atoms with van der Waals surface area (Å²) in [5.74, 6) is 2.61. The average molecular weight is 246 g/mol. The maximum Gasteiger partial charge on any atom is 0.325 e. The van der Waals surface area contributed by atoms with Crippen molar-refractivity contribution >= 4 is 11.9 Å². The van der Waals surface area contributed by atoms with E-state index >= 15 is 0 Å². The summed E-state index contributed by atoms with van der Waals surface area (Å²) in [5, 5.41) is 2.65. The fourth-order valence-electron chi connectivity index (χ4n) is 1.97. The lowest BCUT2D eigenvalue weighted by atomic mass is 9.99. The first-order chi connectivity index (χ1) is 8.59. The first-order valence-corrected chi connectivity index (χ1v) is 5.71. The third-order valence-electron chi connectivity index (χ3n) is 2.99. The highest BCUT2D eigenvalue weighted by Gasteiger charge is 2.50. The van der Waals surface area contributed by atoms with Crippen molar-refractivity contribution in [3.05, 3.63) is 24.2 Å². The highest BCUT2D eigenvalue weighted by molar-refractivity contribution is 6.06. The van der Waals surface area contributed by atoms with E-state index in [1.54, 1.807) is 19.1 Å². The molecule has 0 spiro atoms. The van der Waals surface area contributed by atoms with Crippen LogP contribution in [0.4, 0.5) is 4.79 Å². The second-order valence-electron chi connectivity index (χ2n) is 4.30. The van der Waals surface area contributed by atoms with E-state index < -0.39 is 11.6 Å². The molecule has 1 atom stereocenters. The van der Waals surface area contributed by atoms with E-state index in [9.17, 15) is 9.59 Å². The van der Waals surface area contributed by atoms with Crippen LogP contribution in [-0.4, -0.2) is 23.4 Å². The first-order valence-electron chi connectivity index (χ1n) is 5.71. The molecule has 1 N–H and O–H groups in total. The van der Waals surface area contributed by atoms with Gasteiger partial charge in [0.2, 0.25) is 0 Å². The number of rotatable bonds is 4. The van der Waals surface area contributed by atoms with Crippen molar-refractivity contribution in [3.63, 3.8) is 0 Å². The van der Waals surface area contributed by atoms with Crippen molar-refractivity contribution in [2.45, 2.75) is 25.3 Å². The Morgan fingerprint density at radius 2 is 2.33 bits per heavy atom. The minimum absolute atomic E-state index is 0.306. The molecule has 0 bridgehead atoms. The van der Waals surface area contributed by atoms with Crippen molar-refractivity contribution in [1.82, 2.24) is 10.2 Å². The van der Waals surface area contributed by atoms with E-state index in [-0.39, 0.29) is 5.91 Å². The van der Waals surface area contributed by atoms with Gasteiger partial charge in [0.15, 0.2) is 5.54 Å². The normalized spacial score (nSPS) is 23.0. The van der Waals surface area contributed by atoms with Crippen LogP contribution in [0.5, 0.6) is 0 Å². The lowest BCUT2D eigenvalue weighted by Gasteiger charge is -2.18. The van der Waals surface area contributed by atoms with Gasteiger partial charge in [-0.2, -0.15) is 0 Å². The molecule has 3 amide bonds. The monoisotopic (exact) mass is 246 g/mol. The van der Waals surface area contributed by atoms with Crippen molar-refractivity contribution in [2.75, 3.05) is 6.54 Å². The zero-order valence-corrected chi connectivity index (χ0v) is 10.1. The summed E-state index contributed by atoms with van der Waals surface area (Å²) in [6, 6.07) is 2.94. The third-order valence-corrected chi connectivity index (χ3v) is 2.99. The van der Waals surface area contributed by atoms with Gasteiger partial charge in [0, 0.05) is 13.0 Å². The largest absolute Gasteiger partial charge is 0.466 e. The van der Waals surface area contributed by atoms with E-state index in [1.807, 2.05) is 0 Å². The SMILES string of the molecule is C#CCCCN1C(=O)NC(C)(c2ccco2)C1=O. The van der Waals surface area contributed by atoms with Crippen molar-refractivity contribution in [2.24, 2.45) is 0 Å². The number of amides is 3. The Bertz CT molecular complexity index is 501. The predicted molar refractivity (Wildman–Crippen MR) is 64.4 cm³/mol. The van der Waals surface area contributed by atoms with E-state index in [1.165, 1.54) is 11.2 Å². The first kappa shape index (κ1) is 12.2. The van der Waals surface area contributed by atoms with Crippen molar-refractivity contribution in [1.29, 1.82) is 0 Å². The van der Waals surface area contributed by atoms with Gasteiger partial charge in [-0.1, -0.05) is 0 Å². The molecule has 1 unspecified atom stereocenters. The number of hydrogen-bond donors (Lipinski definition) is 1. The van der Waals surface area contributed by atoms with Gasteiger partial charge in [-0.15, -0.1) is 12.3 Å². The number of terminal acetylenes is 1. The van der Waals surface area contributed by atoms with E-state index in [0.29, 0.717) is 25.1 Å². The number of imide groups is 1. The molecule has 2 heterocycles.